The molecule has 2 aromatic rings. The van der Waals surface area contributed by atoms with Crippen LogP contribution in [-0.4, -0.2) is 45.6 Å². The second kappa shape index (κ2) is 8.86. The van der Waals surface area contributed by atoms with Gasteiger partial charge in [0.2, 0.25) is 5.91 Å². The summed E-state index contributed by atoms with van der Waals surface area (Å²) in [6.07, 6.45) is -2.04. The molecule has 162 valence electrons. The predicted molar refractivity (Wildman–Crippen MR) is 104 cm³/mol. The van der Waals surface area contributed by atoms with E-state index in [4.69, 9.17) is 5.73 Å². The van der Waals surface area contributed by atoms with Gasteiger partial charge in [0, 0.05) is 25.7 Å². The monoisotopic (exact) mass is 423 g/mol. The van der Waals surface area contributed by atoms with Crippen molar-refractivity contribution in [2.75, 3.05) is 13.1 Å². The number of amides is 2. The molecule has 3 rings (SSSR count). The van der Waals surface area contributed by atoms with Gasteiger partial charge in [0.05, 0.1) is 11.7 Å². The number of hydrogen-bond donors (Lipinski definition) is 2. The van der Waals surface area contributed by atoms with Crippen LogP contribution in [0.3, 0.4) is 0 Å². The molecule has 0 spiro atoms. The van der Waals surface area contributed by atoms with E-state index in [0.29, 0.717) is 24.3 Å². The maximum atomic E-state index is 13.3. The van der Waals surface area contributed by atoms with Crippen LogP contribution < -0.4 is 11.1 Å². The van der Waals surface area contributed by atoms with Gasteiger partial charge in [-0.15, -0.1) is 0 Å². The molecular weight excluding hydrogens is 399 g/mol. The predicted octanol–water partition coefficient (Wildman–Crippen LogP) is 2.48. The van der Waals surface area contributed by atoms with Gasteiger partial charge in [-0.2, -0.15) is 18.3 Å². The summed E-state index contributed by atoms with van der Waals surface area (Å²) in [5.74, 6) is -0.826. The molecule has 0 unspecified atom stereocenters. The zero-order chi connectivity index (χ0) is 21.9. The first-order chi connectivity index (χ1) is 14.2. The van der Waals surface area contributed by atoms with Crippen molar-refractivity contribution in [1.29, 1.82) is 0 Å². The van der Waals surface area contributed by atoms with Crippen LogP contribution >= 0.6 is 0 Å². The second-order valence-corrected chi connectivity index (χ2v) is 7.35. The normalized spacial score (nSPS) is 15.7. The number of benzene rings is 1. The number of nitrogens with zero attached hydrogens (tertiary/aromatic N) is 3. The summed E-state index contributed by atoms with van der Waals surface area (Å²) >= 11 is 0. The van der Waals surface area contributed by atoms with E-state index in [1.807, 2.05) is 0 Å². The summed E-state index contributed by atoms with van der Waals surface area (Å²) in [6.45, 7) is 2.72. The van der Waals surface area contributed by atoms with Crippen molar-refractivity contribution < 1.29 is 22.8 Å². The molecular formula is C20H24F3N5O2. The Balaban J connectivity index is 1.94. The fourth-order valence-electron chi connectivity index (χ4n) is 3.28. The number of likely N-dealkylation sites (tertiary alicyclic amines) is 1. The molecule has 1 aromatic heterocycles. The Bertz CT molecular complexity index is 917. The van der Waals surface area contributed by atoms with Crippen molar-refractivity contribution in [3.05, 3.63) is 47.3 Å². The highest BCUT2D eigenvalue weighted by atomic mass is 19.4. The van der Waals surface area contributed by atoms with Gasteiger partial charge in [0.15, 0.2) is 5.69 Å². The van der Waals surface area contributed by atoms with Crippen molar-refractivity contribution in [3.63, 3.8) is 0 Å². The van der Waals surface area contributed by atoms with Crippen LogP contribution in [0.4, 0.5) is 13.2 Å². The van der Waals surface area contributed by atoms with Crippen LogP contribution in [0.5, 0.6) is 0 Å². The van der Waals surface area contributed by atoms with Gasteiger partial charge in [-0.3, -0.25) is 9.59 Å². The Morgan fingerprint density at radius 3 is 2.53 bits per heavy atom. The molecule has 10 heteroatoms. The van der Waals surface area contributed by atoms with Crippen LogP contribution in [0.1, 0.15) is 47.9 Å². The summed E-state index contributed by atoms with van der Waals surface area (Å²) < 4.78 is 40.9. The second-order valence-electron chi connectivity index (χ2n) is 7.35. The molecule has 1 aliphatic rings. The van der Waals surface area contributed by atoms with E-state index in [9.17, 15) is 22.8 Å². The lowest BCUT2D eigenvalue weighted by molar-refractivity contribution is -0.141. The van der Waals surface area contributed by atoms with Gasteiger partial charge in [0.25, 0.3) is 5.91 Å². The molecule has 1 atom stereocenters. The lowest BCUT2D eigenvalue weighted by Crippen LogP contribution is -2.37. The highest BCUT2D eigenvalue weighted by molar-refractivity contribution is 5.93. The molecule has 1 fully saturated rings. The van der Waals surface area contributed by atoms with Crippen molar-refractivity contribution in [2.24, 2.45) is 5.73 Å². The van der Waals surface area contributed by atoms with Gasteiger partial charge in [0.1, 0.15) is 5.69 Å². The van der Waals surface area contributed by atoms with Gasteiger partial charge < -0.3 is 16.0 Å². The zero-order valence-electron chi connectivity index (χ0n) is 16.6. The van der Waals surface area contributed by atoms with Gasteiger partial charge in [-0.25, -0.2) is 4.68 Å². The third kappa shape index (κ3) is 4.99. The minimum absolute atomic E-state index is 0.138. The molecule has 0 aliphatic carbocycles. The number of hydrogen-bond acceptors (Lipinski definition) is 4. The molecule has 1 aromatic carbocycles. The topological polar surface area (TPSA) is 93.2 Å². The van der Waals surface area contributed by atoms with E-state index in [1.165, 1.54) is 0 Å². The zero-order valence-corrected chi connectivity index (χ0v) is 16.6. The first kappa shape index (κ1) is 21.8. The Hall–Kier alpha value is -2.88. The molecule has 0 saturated carbocycles. The molecule has 2 heterocycles. The van der Waals surface area contributed by atoms with Crippen LogP contribution in [0, 0.1) is 0 Å². The number of alkyl halides is 3. The lowest BCUT2D eigenvalue weighted by Gasteiger charge is -2.26. The summed E-state index contributed by atoms with van der Waals surface area (Å²) in [5.41, 5.74) is 5.19. The van der Waals surface area contributed by atoms with Crippen LogP contribution in [0.25, 0.3) is 5.69 Å². The molecule has 0 bridgehead atoms. The van der Waals surface area contributed by atoms with Crippen LogP contribution in [0.2, 0.25) is 0 Å². The lowest BCUT2D eigenvalue weighted by atomic mass is 10.1. The number of carbonyl (C=O) groups is 2. The number of nitrogens with one attached hydrogen (secondary N) is 1. The fourth-order valence-corrected chi connectivity index (χ4v) is 3.28. The molecule has 1 aliphatic heterocycles. The number of carbonyl (C=O) groups excluding carboxylic acids is 2. The van der Waals surface area contributed by atoms with E-state index in [1.54, 1.807) is 36.1 Å². The Morgan fingerprint density at radius 2 is 1.90 bits per heavy atom. The van der Waals surface area contributed by atoms with Crippen molar-refractivity contribution in [3.8, 4) is 5.69 Å². The number of rotatable bonds is 5. The van der Waals surface area contributed by atoms with Crippen LogP contribution in [-0.2, 0) is 17.5 Å². The maximum absolute atomic E-state index is 13.3. The van der Waals surface area contributed by atoms with E-state index in [2.05, 4.69) is 10.4 Å². The number of piperidine rings is 1. The van der Waals surface area contributed by atoms with Crippen molar-refractivity contribution >= 4 is 11.8 Å². The molecule has 1 saturated heterocycles. The largest absolute Gasteiger partial charge is 0.435 e. The van der Waals surface area contributed by atoms with E-state index in [-0.39, 0.29) is 18.1 Å². The number of halogens is 3. The Labute approximate surface area is 172 Å². The SMILES string of the molecule is C[C@H](N)C(=O)NCc1cccc(-n2nc(C(F)(F)F)cc2C(=O)N2CCCCC2)c1. The van der Waals surface area contributed by atoms with Crippen LogP contribution in [0.15, 0.2) is 30.3 Å². The van der Waals surface area contributed by atoms with Gasteiger partial charge >= 0.3 is 6.18 Å². The average Bonchev–Trinajstić information content (AvgIpc) is 3.18. The van der Waals surface area contributed by atoms with E-state index < -0.39 is 23.8 Å². The first-order valence-corrected chi connectivity index (χ1v) is 9.76. The third-order valence-electron chi connectivity index (χ3n) is 4.90. The first-order valence-electron chi connectivity index (χ1n) is 9.76. The summed E-state index contributed by atoms with van der Waals surface area (Å²) in [5, 5.41) is 6.32. The number of aromatic nitrogens is 2. The fraction of sp³-hybridized carbons (Fsp3) is 0.450. The molecule has 2 amide bonds. The van der Waals surface area contributed by atoms with E-state index >= 15 is 0 Å². The summed E-state index contributed by atoms with van der Waals surface area (Å²) in [7, 11) is 0. The molecule has 3 N–H and O–H groups in total. The third-order valence-corrected chi connectivity index (χ3v) is 4.90. The van der Waals surface area contributed by atoms with E-state index in [0.717, 1.165) is 30.0 Å². The molecule has 0 radical (unpaired) electrons. The highest BCUT2D eigenvalue weighted by Gasteiger charge is 2.37. The summed E-state index contributed by atoms with van der Waals surface area (Å²) in [6, 6.07) is 6.61. The molecule has 7 nitrogen and oxygen atoms in total. The Kier molecular flexibility index (Phi) is 6.45. The smallest absolute Gasteiger partial charge is 0.351 e. The van der Waals surface area contributed by atoms with Crippen molar-refractivity contribution in [2.45, 2.75) is 44.9 Å². The number of nitrogens with two attached hydrogens (primary N) is 1. The summed E-state index contributed by atoms with van der Waals surface area (Å²) in [4.78, 5) is 26.2. The van der Waals surface area contributed by atoms with Gasteiger partial charge in [-0.1, -0.05) is 12.1 Å². The highest BCUT2D eigenvalue weighted by Crippen LogP contribution is 2.30. The maximum Gasteiger partial charge on any atom is 0.435 e. The van der Waals surface area contributed by atoms with Gasteiger partial charge in [-0.05, 0) is 43.9 Å². The average molecular weight is 423 g/mol. The minimum atomic E-state index is -4.68. The van der Waals surface area contributed by atoms with Crippen molar-refractivity contribution in [1.82, 2.24) is 20.0 Å². The Morgan fingerprint density at radius 1 is 1.20 bits per heavy atom. The quantitative estimate of drug-likeness (QED) is 0.773. The minimum Gasteiger partial charge on any atom is -0.351 e. The molecule has 30 heavy (non-hydrogen) atoms. The standard InChI is InChI=1S/C20H24F3N5O2/c1-13(24)18(29)25-12-14-6-5-7-15(10-14)28-16(11-17(26-28)20(21,22)23)19(30)27-8-3-2-4-9-27/h5-7,10-11,13H,2-4,8-9,12,24H2,1H3,(H,25,29)/t13-/m0/s1.